The van der Waals surface area contributed by atoms with Crippen molar-refractivity contribution in [2.45, 2.75) is 32.4 Å². The van der Waals surface area contributed by atoms with Gasteiger partial charge in [0.2, 0.25) is 5.91 Å². The second-order valence-corrected chi connectivity index (χ2v) is 8.15. The molecule has 2 heterocycles. The number of benzene rings is 1. The zero-order valence-electron chi connectivity index (χ0n) is 16.1. The molecule has 0 saturated carbocycles. The third-order valence-electron chi connectivity index (χ3n) is 5.33. The minimum atomic E-state index is 0.192. The van der Waals surface area contributed by atoms with E-state index < -0.39 is 0 Å². The molecule has 0 bridgehead atoms. The van der Waals surface area contributed by atoms with Crippen molar-refractivity contribution in [1.29, 1.82) is 0 Å². The second-order valence-electron chi connectivity index (χ2n) is 7.72. The summed E-state index contributed by atoms with van der Waals surface area (Å²) < 4.78 is 0. The minimum absolute atomic E-state index is 0.192. The number of nitrogens with one attached hydrogen (secondary N) is 1. The van der Waals surface area contributed by atoms with E-state index in [9.17, 15) is 4.79 Å². The Morgan fingerprint density at radius 3 is 2.62 bits per heavy atom. The van der Waals surface area contributed by atoms with Crippen LogP contribution in [0.5, 0.6) is 0 Å². The maximum atomic E-state index is 12.9. The van der Waals surface area contributed by atoms with Crippen LogP contribution in [0.3, 0.4) is 0 Å². The predicted molar refractivity (Wildman–Crippen MR) is 108 cm³/mol. The summed E-state index contributed by atoms with van der Waals surface area (Å²) in [6, 6.07) is 6.50. The Bertz CT molecular complexity index is 760. The Kier molecular flexibility index (Phi) is 5.90. The number of aromatic amines is 1. The molecule has 142 valence electrons. The molecule has 26 heavy (non-hydrogen) atoms. The van der Waals surface area contributed by atoms with Gasteiger partial charge < -0.3 is 14.8 Å². The lowest BCUT2D eigenvalue weighted by Crippen LogP contribution is -2.59. The van der Waals surface area contributed by atoms with E-state index in [1.165, 1.54) is 0 Å². The molecule has 1 amide bonds. The molecule has 2 atom stereocenters. The quantitative estimate of drug-likeness (QED) is 0.872. The highest BCUT2D eigenvalue weighted by atomic mass is 35.5. The van der Waals surface area contributed by atoms with E-state index in [1.807, 2.05) is 29.3 Å². The Balaban J connectivity index is 1.66. The first-order valence-corrected chi connectivity index (χ1v) is 9.66. The average molecular weight is 377 g/mol. The number of rotatable bonds is 5. The number of hydrogen-bond donors (Lipinski definition) is 1. The smallest absolute Gasteiger partial charge is 0.227 e. The molecule has 1 saturated heterocycles. The average Bonchev–Trinajstić information content (AvgIpc) is 2.95. The zero-order valence-corrected chi connectivity index (χ0v) is 16.9. The normalized spacial score (nSPS) is 21.7. The van der Waals surface area contributed by atoms with Crippen LogP contribution in [0.2, 0.25) is 5.02 Å². The van der Waals surface area contributed by atoms with Gasteiger partial charge in [-0.25, -0.2) is 0 Å². The van der Waals surface area contributed by atoms with E-state index in [4.69, 9.17) is 11.6 Å². The van der Waals surface area contributed by atoms with Crippen LogP contribution in [0, 0.1) is 0 Å². The largest absolute Gasteiger partial charge is 0.361 e. The van der Waals surface area contributed by atoms with Gasteiger partial charge >= 0.3 is 0 Å². The van der Waals surface area contributed by atoms with Crippen molar-refractivity contribution >= 4 is 28.4 Å². The van der Waals surface area contributed by atoms with Crippen molar-refractivity contribution in [3.05, 3.63) is 35.0 Å². The van der Waals surface area contributed by atoms with Gasteiger partial charge in [0, 0.05) is 60.4 Å². The van der Waals surface area contributed by atoms with Gasteiger partial charge in [-0.05, 0) is 51.7 Å². The number of halogens is 1. The van der Waals surface area contributed by atoms with Gasteiger partial charge in [0.05, 0.1) is 6.42 Å². The highest BCUT2D eigenvalue weighted by Crippen LogP contribution is 2.24. The Morgan fingerprint density at radius 2 is 1.96 bits per heavy atom. The fourth-order valence-electron chi connectivity index (χ4n) is 3.89. The lowest BCUT2D eigenvalue weighted by atomic mass is 10.1. The lowest BCUT2D eigenvalue weighted by molar-refractivity contribution is -0.134. The lowest BCUT2D eigenvalue weighted by Gasteiger charge is -2.44. The van der Waals surface area contributed by atoms with Crippen molar-refractivity contribution in [1.82, 2.24) is 19.7 Å². The van der Waals surface area contributed by atoms with E-state index in [1.54, 1.807) is 0 Å². The summed E-state index contributed by atoms with van der Waals surface area (Å²) in [7, 11) is 4.20. The van der Waals surface area contributed by atoms with Gasteiger partial charge in [-0.2, -0.15) is 0 Å². The molecular weight excluding hydrogens is 348 g/mol. The van der Waals surface area contributed by atoms with Crippen LogP contribution in [-0.4, -0.2) is 77.9 Å². The molecule has 1 fully saturated rings. The number of likely N-dealkylation sites (N-methyl/N-ethyl adjacent to an activating group) is 1. The summed E-state index contributed by atoms with van der Waals surface area (Å²) in [5.41, 5.74) is 2.04. The molecule has 2 aromatic rings. The second kappa shape index (κ2) is 7.99. The van der Waals surface area contributed by atoms with Gasteiger partial charge in [-0.15, -0.1) is 0 Å². The van der Waals surface area contributed by atoms with Crippen LogP contribution in [0.1, 0.15) is 19.4 Å². The molecule has 2 unspecified atom stereocenters. The number of aromatic nitrogens is 1. The molecule has 1 N–H and O–H groups in total. The number of hydrogen-bond acceptors (Lipinski definition) is 3. The van der Waals surface area contributed by atoms with Crippen molar-refractivity contribution < 1.29 is 4.79 Å². The Labute approximate surface area is 160 Å². The van der Waals surface area contributed by atoms with Gasteiger partial charge in [0.25, 0.3) is 0 Å². The van der Waals surface area contributed by atoms with Crippen molar-refractivity contribution in [2.24, 2.45) is 0 Å². The van der Waals surface area contributed by atoms with Crippen molar-refractivity contribution in [2.75, 3.05) is 40.3 Å². The van der Waals surface area contributed by atoms with Gasteiger partial charge in [-0.3, -0.25) is 9.69 Å². The van der Waals surface area contributed by atoms with E-state index in [0.29, 0.717) is 23.5 Å². The maximum absolute atomic E-state index is 12.9. The summed E-state index contributed by atoms with van der Waals surface area (Å²) in [6.07, 6.45) is 2.34. The summed E-state index contributed by atoms with van der Waals surface area (Å²) in [5.74, 6) is 0.192. The number of fused-ring (bicyclic) bond motifs is 1. The van der Waals surface area contributed by atoms with E-state index in [0.717, 1.165) is 42.6 Å². The number of piperazine rings is 1. The Morgan fingerprint density at radius 1 is 1.27 bits per heavy atom. The maximum Gasteiger partial charge on any atom is 0.227 e. The fourth-order valence-corrected chi connectivity index (χ4v) is 4.06. The molecule has 6 heteroatoms. The SMILES string of the molecule is CC1CN(C(=O)Cc2c[nH]c3ccc(Cl)cc23)CC(C)N1CCN(C)C. The number of carbonyl (C=O) groups is 1. The van der Waals surface area contributed by atoms with Gasteiger partial charge in [-0.1, -0.05) is 11.6 Å². The van der Waals surface area contributed by atoms with E-state index in [2.05, 4.69) is 42.7 Å². The van der Waals surface area contributed by atoms with Crippen LogP contribution in [0.25, 0.3) is 10.9 Å². The number of carbonyl (C=O) groups excluding carboxylic acids is 1. The molecular formula is C20H29ClN4O. The third kappa shape index (κ3) is 4.22. The molecule has 0 spiro atoms. The van der Waals surface area contributed by atoms with Crippen molar-refractivity contribution in [3.63, 3.8) is 0 Å². The number of amides is 1. The predicted octanol–water partition coefficient (Wildman–Crippen LogP) is 2.85. The molecule has 1 aromatic carbocycles. The van der Waals surface area contributed by atoms with Crippen LogP contribution in [-0.2, 0) is 11.2 Å². The molecule has 1 aromatic heterocycles. The topological polar surface area (TPSA) is 42.6 Å². The van der Waals surface area contributed by atoms with Crippen LogP contribution >= 0.6 is 11.6 Å². The van der Waals surface area contributed by atoms with Crippen LogP contribution in [0.15, 0.2) is 24.4 Å². The summed E-state index contributed by atoms with van der Waals surface area (Å²) in [6.45, 7) is 8.10. The van der Waals surface area contributed by atoms with E-state index in [-0.39, 0.29) is 5.91 Å². The fraction of sp³-hybridized carbons (Fsp3) is 0.550. The first-order valence-electron chi connectivity index (χ1n) is 9.29. The number of H-pyrrole nitrogens is 1. The highest BCUT2D eigenvalue weighted by Gasteiger charge is 2.31. The molecule has 0 aliphatic carbocycles. The standard InChI is InChI=1S/C20H29ClN4O/c1-14-12-24(13-15(2)25(14)8-7-23(3)4)20(26)9-16-11-22-19-6-5-17(21)10-18(16)19/h5-6,10-11,14-15,22H,7-9,12-13H2,1-4H3. The molecule has 1 aliphatic rings. The highest BCUT2D eigenvalue weighted by molar-refractivity contribution is 6.31. The van der Waals surface area contributed by atoms with E-state index >= 15 is 0 Å². The summed E-state index contributed by atoms with van der Waals surface area (Å²) >= 11 is 6.12. The van der Waals surface area contributed by atoms with Gasteiger partial charge in [0.1, 0.15) is 0 Å². The van der Waals surface area contributed by atoms with Gasteiger partial charge in [0.15, 0.2) is 0 Å². The Hall–Kier alpha value is -1.56. The zero-order chi connectivity index (χ0) is 18.8. The monoisotopic (exact) mass is 376 g/mol. The molecule has 0 radical (unpaired) electrons. The first-order chi connectivity index (χ1) is 12.3. The summed E-state index contributed by atoms with van der Waals surface area (Å²) in [5, 5.41) is 1.74. The van der Waals surface area contributed by atoms with Crippen molar-refractivity contribution in [3.8, 4) is 0 Å². The van der Waals surface area contributed by atoms with Crippen LogP contribution < -0.4 is 0 Å². The number of nitrogens with zero attached hydrogens (tertiary/aromatic N) is 3. The molecule has 3 rings (SSSR count). The molecule has 5 nitrogen and oxygen atoms in total. The minimum Gasteiger partial charge on any atom is -0.361 e. The van der Waals surface area contributed by atoms with Crippen LogP contribution in [0.4, 0.5) is 0 Å². The first kappa shape index (κ1) is 19.2. The molecule has 1 aliphatic heterocycles. The third-order valence-corrected chi connectivity index (χ3v) is 5.57. The summed E-state index contributed by atoms with van der Waals surface area (Å²) in [4.78, 5) is 22.9.